The van der Waals surface area contributed by atoms with Gasteiger partial charge in [0.1, 0.15) is 48.4 Å². The number of benzene rings is 2. The van der Waals surface area contributed by atoms with E-state index in [1.165, 1.54) is 0 Å². The van der Waals surface area contributed by atoms with E-state index >= 15 is 0 Å². The first-order valence-corrected chi connectivity index (χ1v) is 14.8. The van der Waals surface area contributed by atoms with E-state index in [-0.39, 0.29) is 18.8 Å². The van der Waals surface area contributed by atoms with E-state index in [2.05, 4.69) is 37.9 Å². The Morgan fingerprint density at radius 2 is 1.21 bits per heavy atom. The van der Waals surface area contributed by atoms with Crippen molar-refractivity contribution in [1.82, 2.24) is 10.2 Å². The van der Waals surface area contributed by atoms with E-state index in [1.54, 1.807) is 14.2 Å². The van der Waals surface area contributed by atoms with Gasteiger partial charge in [-0.1, -0.05) is 0 Å². The second-order valence-corrected chi connectivity index (χ2v) is 11.0. The minimum atomic E-state index is -0.510. The van der Waals surface area contributed by atoms with Crippen molar-refractivity contribution >= 4 is 0 Å². The molecule has 0 radical (unpaired) electrons. The molecule has 2 N–H and O–H groups in total. The minimum Gasteiger partial charge on any atom is -0.497 e. The van der Waals surface area contributed by atoms with Crippen LogP contribution in [0.5, 0.6) is 23.0 Å². The number of nitrogens with one attached hydrogen (secondary N) is 1. The summed E-state index contributed by atoms with van der Waals surface area (Å²) in [5.41, 5.74) is 0. The second-order valence-electron chi connectivity index (χ2n) is 11.0. The van der Waals surface area contributed by atoms with Crippen LogP contribution in [0.4, 0.5) is 0 Å². The molecule has 5 rings (SSSR count). The quantitative estimate of drug-likeness (QED) is 0.400. The van der Waals surface area contributed by atoms with Gasteiger partial charge in [-0.25, -0.2) is 0 Å². The fraction of sp³-hybridized carbons (Fsp3) is 0.625. The number of hydrogen-bond donors (Lipinski definition) is 2. The predicted molar refractivity (Wildman–Crippen MR) is 162 cm³/mol. The predicted octanol–water partition coefficient (Wildman–Crippen LogP) is 3.40. The summed E-state index contributed by atoms with van der Waals surface area (Å²) < 4.78 is 37.3. The van der Waals surface area contributed by atoms with Gasteiger partial charge in [-0.3, -0.25) is 4.90 Å². The first kappa shape index (κ1) is 33.9. The lowest BCUT2D eigenvalue weighted by Crippen LogP contribution is -2.48. The Labute approximate surface area is 251 Å². The Morgan fingerprint density at radius 1 is 0.762 bits per heavy atom. The maximum atomic E-state index is 10.1. The van der Waals surface area contributed by atoms with Crippen molar-refractivity contribution in [1.29, 1.82) is 0 Å². The van der Waals surface area contributed by atoms with Crippen LogP contribution in [0.25, 0.3) is 0 Å². The third kappa shape index (κ3) is 13.6. The fourth-order valence-electron chi connectivity index (χ4n) is 4.66. The van der Waals surface area contributed by atoms with E-state index in [4.69, 9.17) is 33.2 Å². The van der Waals surface area contributed by atoms with Crippen molar-refractivity contribution in [2.75, 3.05) is 66.8 Å². The van der Waals surface area contributed by atoms with Crippen LogP contribution in [-0.2, 0) is 14.2 Å². The summed E-state index contributed by atoms with van der Waals surface area (Å²) in [6.45, 7) is 14.4. The molecule has 3 saturated heterocycles. The molecule has 0 saturated carbocycles. The molecule has 3 fully saturated rings. The molecule has 0 spiro atoms. The Kier molecular flexibility index (Phi) is 14.6. The van der Waals surface area contributed by atoms with E-state index < -0.39 is 6.10 Å². The third-order valence-corrected chi connectivity index (χ3v) is 6.69. The van der Waals surface area contributed by atoms with Crippen molar-refractivity contribution in [3.05, 3.63) is 48.5 Å². The van der Waals surface area contributed by atoms with Gasteiger partial charge in [-0.2, -0.15) is 0 Å². The maximum absolute atomic E-state index is 10.1. The average molecular weight is 591 g/mol. The molecule has 3 aliphatic rings. The highest BCUT2D eigenvalue weighted by atomic mass is 16.6. The molecule has 3 heterocycles. The molecular formula is C32H50N2O8. The van der Waals surface area contributed by atoms with Gasteiger partial charge in [-0.05, 0) is 76.2 Å². The SMILES string of the molecule is CC1CNCC(C)O1.COc1ccc(OCC(O)CN2CC(C)OC(C)C2)cc1.COc1ccc(OCC2CO2)cc1. The molecule has 10 nitrogen and oxygen atoms in total. The zero-order valence-corrected chi connectivity index (χ0v) is 26.0. The molecule has 6 unspecified atom stereocenters. The van der Waals surface area contributed by atoms with Crippen LogP contribution in [0, 0.1) is 0 Å². The zero-order valence-electron chi connectivity index (χ0n) is 26.0. The molecule has 0 aromatic heterocycles. The average Bonchev–Trinajstić information content (AvgIpc) is 3.80. The summed E-state index contributed by atoms with van der Waals surface area (Å²) in [7, 11) is 3.28. The first-order chi connectivity index (χ1) is 20.2. The summed E-state index contributed by atoms with van der Waals surface area (Å²) in [4.78, 5) is 2.22. The lowest BCUT2D eigenvalue weighted by molar-refractivity contribution is -0.0786. The summed E-state index contributed by atoms with van der Waals surface area (Å²) in [6, 6.07) is 14.9. The van der Waals surface area contributed by atoms with Crippen LogP contribution in [0.1, 0.15) is 27.7 Å². The number of epoxide rings is 1. The van der Waals surface area contributed by atoms with Crippen LogP contribution in [-0.4, -0.2) is 113 Å². The number of β-amino-alcohol motifs (C(OH)–C–C–N with tert-alkyl or cyclic N) is 1. The lowest BCUT2D eigenvalue weighted by Gasteiger charge is -2.36. The smallest absolute Gasteiger partial charge is 0.119 e. The molecule has 42 heavy (non-hydrogen) atoms. The standard InChI is InChI=1S/C16H25NO4.C10H12O3.C6H13NO/c1-12-8-17(9-13(2)21-12)10-14(18)11-20-16-6-4-15(19-3)5-7-16;1-11-8-2-4-9(5-3-8)12-6-10-7-13-10;1-5-3-7-4-6(2)8-5/h4-7,12-14,18H,8-11H2,1-3H3;2-5,10H,6-7H2,1H3;5-7H,3-4H2,1-2H3. The molecule has 6 atom stereocenters. The first-order valence-electron chi connectivity index (χ1n) is 14.8. The van der Waals surface area contributed by atoms with Crippen molar-refractivity contribution in [2.24, 2.45) is 0 Å². The number of ether oxygens (including phenoxy) is 7. The maximum Gasteiger partial charge on any atom is 0.119 e. The highest BCUT2D eigenvalue weighted by Crippen LogP contribution is 2.19. The third-order valence-electron chi connectivity index (χ3n) is 6.69. The van der Waals surface area contributed by atoms with Gasteiger partial charge in [0.15, 0.2) is 0 Å². The molecule has 2 aromatic carbocycles. The minimum absolute atomic E-state index is 0.212. The van der Waals surface area contributed by atoms with Crippen LogP contribution in [0.2, 0.25) is 0 Å². The van der Waals surface area contributed by atoms with Crippen molar-refractivity contribution < 1.29 is 38.3 Å². The van der Waals surface area contributed by atoms with Crippen LogP contribution in [0.3, 0.4) is 0 Å². The number of morpholine rings is 2. The fourth-order valence-corrected chi connectivity index (χ4v) is 4.66. The molecule has 0 bridgehead atoms. The molecular weight excluding hydrogens is 540 g/mol. The summed E-state index contributed by atoms with van der Waals surface area (Å²) in [6.07, 6.45) is 1.02. The highest BCUT2D eigenvalue weighted by Gasteiger charge is 2.24. The van der Waals surface area contributed by atoms with Gasteiger partial charge >= 0.3 is 0 Å². The number of hydrogen-bond acceptors (Lipinski definition) is 10. The summed E-state index contributed by atoms with van der Waals surface area (Å²) >= 11 is 0. The Balaban J connectivity index is 0.000000194. The van der Waals surface area contributed by atoms with Gasteiger partial charge in [0.25, 0.3) is 0 Å². The van der Waals surface area contributed by atoms with E-state index in [0.717, 1.165) is 55.8 Å². The summed E-state index contributed by atoms with van der Waals surface area (Å²) in [5.74, 6) is 3.23. The Bertz CT molecular complexity index is 971. The van der Waals surface area contributed by atoms with E-state index in [9.17, 15) is 5.11 Å². The van der Waals surface area contributed by atoms with Crippen molar-refractivity contribution in [3.8, 4) is 23.0 Å². The van der Waals surface area contributed by atoms with Gasteiger partial charge in [0, 0.05) is 32.7 Å². The topological polar surface area (TPSA) is 103 Å². The van der Waals surface area contributed by atoms with E-state index in [1.807, 2.05) is 48.5 Å². The summed E-state index contributed by atoms with van der Waals surface area (Å²) in [5, 5.41) is 13.4. The molecule has 3 aliphatic heterocycles. The van der Waals surface area contributed by atoms with Crippen LogP contribution < -0.4 is 24.3 Å². The molecule has 2 aromatic rings. The van der Waals surface area contributed by atoms with Crippen molar-refractivity contribution in [3.63, 3.8) is 0 Å². The Morgan fingerprint density at radius 3 is 1.64 bits per heavy atom. The number of nitrogens with zero attached hydrogens (tertiary/aromatic N) is 1. The van der Waals surface area contributed by atoms with Gasteiger partial charge in [-0.15, -0.1) is 0 Å². The van der Waals surface area contributed by atoms with Gasteiger partial charge < -0.3 is 43.6 Å². The number of aliphatic hydroxyl groups excluding tert-OH is 1. The lowest BCUT2D eigenvalue weighted by atomic mass is 10.2. The molecule has 0 amide bonds. The monoisotopic (exact) mass is 590 g/mol. The van der Waals surface area contributed by atoms with Gasteiger partial charge in [0.2, 0.25) is 0 Å². The highest BCUT2D eigenvalue weighted by molar-refractivity contribution is 5.31. The molecule has 10 heteroatoms. The molecule has 0 aliphatic carbocycles. The number of rotatable bonds is 10. The zero-order chi connectivity index (χ0) is 30.3. The van der Waals surface area contributed by atoms with Crippen LogP contribution in [0.15, 0.2) is 48.5 Å². The van der Waals surface area contributed by atoms with Crippen LogP contribution >= 0.6 is 0 Å². The van der Waals surface area contributed by atoms with Crippen molar-refractivity contribution in [2.45, 2.75) is 64.3 Å². The number of methoxy groups -OCH3 is 2. The Hall–Kier alpha value is -2.60. The second kappa shape index (κ2) is 18.1. The van der Waals surface area contributed by atoms with E-state index in [0.29, 0.717) is 31.5 Å². The number of aliphatic hydroxyl groups is 1. The van der Waals surface area contributed by atoms with Gasteiger partial charge in [0.05, 0.1) is 45.2 Å². The molecule has 236 valence electrons. The largest absolute Gasteiger partial charge is 0.497 e. The normalized spacial score (nSPS) is 25.9.